The molecule has 5 nitrogen and oxygen atoms in total. The van der Waals surface area contributed by atoms with E-state index in [0.717, 1.165) is 25.0 Å². The topological polar surface area (TPSA) is 60.5 Å². The van der Waals surface area contributed by atoms with Crippen LogP contribution in [0.5, 0.6) is 5.75 Å². The highest BCUT2D eigenvalue weighted by atomic mass is 16.5. The molecule has 1 aromatic carbocycles. The van der Waals surface area contributed by atoms with Crippen molar-refractivity contribution in [3.05, 3.63) is 59.9 Å². The van der Waals surface area contributed by atoms with E-state index < -0.39 is 0 Å². The van der Waals surface area contributed by atoms with Crippen molar-refractivity contribution in [1.82, 2.24) is 10.3 Å². The van der Waals surface area contributed by atoms with Crippen LogP contribution in [0.25, 0.3) is 0 Å². The zero-order valence-electron chi connectivity index (χ0n) is 12.9. The maximum Gasteiger partial charge on any atom is 0.251 e. The molecule has 1 unspecified atom stereocenters. The minimum absolute atomic E-state index is 0.128. The fraction of sp³-hybridized carbons (Fsp3) is 0.333. The number of carbonyl (C=O) groups excluding carboxylic acids is 1. The molecule has 1 aliphatic rings. The van der Waals surface area contributed by atoms with Gasteiger partial charge in [-0.1, -0.05) is 12.1 Å². The molecule has 0 bridgehead atoms. The van der Waals surface area contributed by atoms with E-state index in [-0.39, 0.29) is 12.0 Å². The van der Waals surface area contributed by atoms with E-state index in [2.05, 4.69) is 10.3 Å². The van der Waals surface area contributed by atoms with Gasteiger partial charge in [-0.25, -0.2) is 0 Å². The maximum absolute atomic E-state index is 12.2. The van der Waals surface area contributed by atoms with E-state index >= 15 is 0 Å². The first-order valence-electron chi connectivity index (χ1n) is 7.83. The van der Waals surface area contributed by atoms with Gasteiger partial charge in [0.05, 0.1) is 6.10 Å². The average Bonchev–Trinajstić information content (AvgIpc) is 3.12. The molecule has 5 heteroatoms. The second kappa shape index (κ2) is 7.74. The van der Waals surface area contributed by atoms with Crippen LogP contribution in [-0.4, -0.2) is 30.2 Å². The Morgan fingerprint density at radius 1 is 1.35 bits per heavy atom. The molecule has 1 atom stereocenters. The summed E-state index contributed by atoms with van der Waals surface area (Å²) in [7, 11) is 0. The van der Waals surface area contributed by atoms with Crippen LogP contribution in [-0.2, 0) is 11.3 Å². The van der Waals surface area contributed by atoms with Gasteiger partial charge in [-0.15, -0.1) is 0 Å². The number of benzene rings is 1. The van der Waals surface area contributed by atoms with Crippen molar-refractivity contribution in [2.45, 2.75) is 25.5 Å². The third-order valence-corrected chi connectivity index (χ3v) is 3.73. The molecule has 0 aliphatic carbocycles. The number of pyridine rings is 1. The number of hydrogen-bond acceptors (Lipinski definition) is 4. The molecule has 0 saturated carbocycles. The molecule has 1 aliphatic heterocycles. The Labute approximate surface area is 135 Å². The van der Waals surface area contributed by atoms with Crippen LogP contribution in [0.3, 0.4) is 0 Å². The van der Waals surface area contributed by atoms with Crippen molar-refractivity contribution in [2.75, 3.05) is 13.2 Å². The van der Waals surface area contributed by atoms with Crippen molar-refractivity contribution < 1.29 is 14.3 Å². The molecule has 1 fully saturated rings. The molecule has 2 aromatic rings. The average molecular weight is 312 g/mol. The van der Waals surface area contributed by atoms with Crippen LogP contribution in [0.1, 0.15) is 28.8 Å². The lowest BCUT2D eigenvalue weighted by Gasteiger charge is -2.12. The highest BCUT2D eigenvalue weighted by molar-refractivity contribution is 5.94. The number of rotatable bonds is 6. The number of carbonyl (C=O) groups is 1. The van der Waals surface area contributed by atoms with Gasteiger partial charge in [-0.05, 0) is 42.7 Å². The van der Waals surface area contributed by atoms with E-state index in [0.29, 0.717) is 24.5 Å². The molecule has 1 saturated heterocycles. The van der Waals surface area contributed by atoms with Gasteiger partial charge in [-0.2, -0.15) is 0 Å². The summed E-state index contributed by atoms with van der Waals surface area (Å²) in [5.74, 6) is 0.561. The second-order valence-corrected chi connectivity index (χ2v) is 5.52. The third kappa shape index (κ3) is 4.53. The molecule has 0 radical (unpaired) electrons. The van der Waals surface area contributed by atoms with Gasteiger partial charge in [0.1, 0.15) is 12.4 Å². The Hall–Kier alpha value is -2.40. The van der Waals surface area contributed by atoms with Crippen molar-refractivity contribution in [3.63, 3.8) is 0 Å². The molecule has 3 rings (SSSR count). The van der Waals surface area contributed by atoms with Crippen LogP contribution in [0.4, 0.5) is 0 Å². The zero-order valence-corrected chi connectivity index (χ0v) is 12.9. The lowest BCUT2D eigenvalue weighted by molar-refractivity contribution is 0.0679. The fourth-order valence-corrected chi connectivity index (χ4v) is 2.48. The maximum atomic E-state index is 12.2. The highest BCUT2D eigenvalue weighted by Crippen LogP contribution is 2.17. The van der Waals surface area contributed by atoms with Crippen LogP contribution < -0.4 is 10.1 Å². The van der Waals surface area contributed by atoms with E-state index in [1.807, 2.05) is 24.3 Å². The molecule has 1 aromatic heterocycles. The number of nitrogens with one attached hydrogen (secondary N) is 1. The molecule has 2 heterocycles. The van der Waals surface area contributed by atoms with Gasteiger partial charge in [0, 0.05) is 31.1 Å². The third-order valence-electron chi connectivity index (χ3n) is 3.73. The van der Waals surface area contributed by atoms with Gasteiger partial charge < -0.3 is 14.8 Å². The van der Waals surface area contributed by atoms with Crippen molar-refractivity contribution in [2.24, 2.45) is 0 Å². The molecule has 0 spiro atoms. The largest absolute Gasteiger partial charge is 0.491 e. The predicted octanol–water partition coefficient (Wildman–Crippen LogP) is 2.57. The summed E-state index contributed by atoms with van der Waals surface area (Å²) in [4.78, 5) is 16.2. The summed E-state index contributed by atoms with van der Waals surface area (Å²) < 4.78 is 11.3. The second-order valence-electron chi connectivity index (χ2n) is 5.52. The standard InChI is InChI=1S/C18H20N2O3/c21-18(20-12-14-4-2-8-19-11-14)15-5-1-6-16(10-15)23-13-17-7-3-9-22-17/h1-2,4-6,8,10-11,17H,3,7,9,12-13H2,(H,20,21). The van der Waals surface area contributed by atoms with Crippen LogP contribution in [0, 0.1) is 0 Å². The quantitative estimate of drug-likeness (QED) is 0.890. The van der Waals surface area contributed by atoms with Gasteiger partial charge in [0.2, 0.25) is 0 Å². The molecular weight excluding hydrogens is 292 g/mol. The van der Waals surface area contributed by atoms with E-state index in [1.54, 1.807) is 24.5 Å². The molecule has 120 valence electrons. The SMILES string of the molecule is O=C(NCc1cccnc1)c1cccc(OCC2CCCO2)c1. The Kier molecular flexibility index (Phi) is 5.21. The summed E-state index contributed by atoms with van der Waals surface area (Å²) in [6, 6.07) is 11.0. The van der Waals surface area contributed by atoms with Crippen LogP contribution >= 0.6 is 0 Å². The molecule has 1 N–H and O–H groups in total. The number of amides is 1. The molecule has 1 amide bonds. The van der Waals surface area contributed by atoms with E-state index in [9.17, 15) is 4.79 Å². The molecular formula is C18H20N2O3. The highest BCUT2D eigenvalue weighted by Gasteiger charge is 2.16. The van der Waals surface area contributed by atoms with Gasteiger partial charge in [0.15, 0.2) is 0 Å². The van der Waals surface area contributed by atoms with Crippen molar-refractivity contribution in [1.29, 1.82) is 0 Å². The van der Waals surface area contributed by atoms with Crippen molar-refractivity contribution in [3.8, 4) is 5.75 Å². The van der Waals surface area contributed by atoms with Gasteiger partial charge >= 0.3 is 0 Å². The van der Waals surface area contributed by atoms with Crippen LogP contribution in [0.15, 0.2) is 48.8 Å². The Morgan fingerprint density at radius 2 is 2.30 bits per heavy atom. The number of ether oxygens (including phenoxy) is 2. The summed E-state index contributed by atoms with van der Waals surface area (Å²) in [5, 5.41) is 2.88. The lowest BCUT2D eigenvalue weighted by atomic mass is 10.2. The normalized spacial score (nSPS) is 17.0. The summed E-state index contributed by atoms with van der Waals surface area (Å²) in [6.07, 6.45) is 5.73. The summed E-state index contributed by atoms with van der Waals surface area (Å²) >= 11 is 0. The number of hydrogen-bond donors (Lipinski definition) is 1. The molecule has 23 heavy (non-hydrogen) atoms. The Balaban J connectivity index is 1.54. The minimum Gasteiger partial charge on any atom is -0.491 e. The first-order valence-corrected chi connectivity index (χ1v) is 7.83. The van der Waals surface area contributed by atoms with Crippen LogP contribution in [0.2, 0.25) is 0 Å². The summed E-state index contributed by atoms with van der Waals surface area (Å²) in [6.45, 7) is 1.79. The zero-order chi connectivity index (χ0) is 15.9. The minimum atomic E-state index is -0.128. The number of aromatic nitrogens is 1. The van der Waals surface area contributed by atoms with E-state index in [1.165, 1.54) is 0 Å². The Morgan fingerprint density at radius 3 is 3.09 bits per heavy atom. The summed E-state index contributed by atoms with van der Waals surface area (Å²) in [5.41, 5.74) is 1.55. The van der Waals surface area contributed by atoms with E-state index in [4.69, 9.17) is 9.47 Å². The smallest absolute Gasteiger partial charge is 0.251 e. The van der Waals surface area contributed by atoms with Gasteiger partial charge in [-0.3, -0.25) is 9.78 Å². The van der Waals surface area contributed by atoms with Gasteiger partial charge in [0.25, 0.3) is 5.91 Å². The number of nitrogens with zero attached hydrogens (tertiary/aromatic N) is 1. The predicted molar refractivity (Wildman–Crippen MR) is 86.3 cm³/mol. The van der Waals surface area contributed by atoms with Crippen molar-refractivity contribution >= 4 is 5.91 Å². The Bertz CT molecular complexity index is 640. The monoisotopic (exact) mass is 312 g/mol. The first-order chi connectivity index (χ1) is 11.3. The fourth-order valence-electron chi connectivity index (χ4n) is 2.48. The first kappa shape index (κ1) is 15.5. The lowest BCUT2D eigenvalue weighted by Crippen LogP contribution is -2.23.